The van der Waals surface area contributed by atoms with Crippen molar-refractivity contribution in [3.63, 3.8) is 0 Å². The molecule has 3 atom stereocenters. The highest BCUT2D eigenvalue weighted by Crippen LogP contribution is 2.14. The molecule has 5 N–H and O–H groups in total. The highest BCUT2D eigenvalue weighted by Gasteiger charge is 2.23. The third-order valence-electron chi connectivity index (χ3n) is 8.35. The molecule has 49 heavy (non-hydrogen) atoms. The fourth-order valence-corrected chi connectivity index (χ4v) is 5.39. The second-order valence-corrected chi connectivity index (χ2v) is 12.9. The maximum Gasteiger partial charge on any atom is 0.326 e. The van der Waals surface area contributed by atoms with Crippen LogP contribution in [0.25, 0.3) is 0 Å². The second-order valence-electron chi connectivity index (χ2n) is 12.9. The minimum atomic E-state index is -1.36. The molecule has 0 radical (unpaired) electrons. The van der Waals surface area contributed by atoms with Gasteiger partial charge in [0.15, 0.2) is 0 Å². The standard InChI is InChI=1S/C36H61N3O10/c1-28(42)20-21-29(26-40)38-33(44)25-23-31(36(48)49)39-34(45)24-22-30(27-41)37-32(43)18-16-14-12-10-8-6-4-2-3-5-7-9-11-13-15-17-19-35(46)47/h26-27,29-31H,2-25H2,1H3,(H,37,43)(H,38,44)(H,39,45)(H,46,47)(H,48,49)/t29?,30?,31-/m0/s1. The molecule has 13 nitrogen and oxygen atoms in total. The van der Waals surface area contributed by atoms with E-state index in [1.165, 1.54) is 64.7 Å². The molecule has 0 rings (SSSR count). The van der Waals surface area contributed by atoms with Crippen LogP contribution in [-0.2, 0) is 38.4 Å². The van der Waals surface area contributed by atoms with E-state index in [-0.39, 0.29) is 63.1 Å². The lowest BCUT2D eigenvalue weighted by molar-refractivity contribution is -0.142. The Morgan fingerprint density at radius 2 is 0.816 bits per heavy atom. The maximum absolute atomic E-state index is 12.3. The van der Waals surface area contributed by atoms with Crippen LogP contribution in [0.2, 0.25) is 0 Å². The van der Waals surface area contributed by atoms with Crippen LogP contribution in [0.4, 0.5) is 0 Å². The van der Waals surface area contributed by atoms with Crippen molar-refractivity contribution in [2.75, 3.05) is 0 Å². The number of unbranched alkanes of at least 4 members (excludes halogenated alkanes) is 15. The number of carbonyl (C=O) groups excluding carboxylic acids is 6. The van der Waals surface area contributed by atoms with E-state index >= 15 is 0 Å². The number of hydrogen-bond acceptors (Lipinski definition) is 8. The van der Waals surface area contributed by atoms with Gasteiger partial charge in [-0.15, -0.1) is 0 Å². The highest BCUT2D eigenvalue weighted by molar-refractivity contribution is 5.85. The Labute approximate surface area is 291 Å². The van der Waals surface area contributed by atoms with Gasteiger partial charge in [-0.2, -0.15) is 0 Å². The molecule has 0 aliphatic heterocycles. The molecule has 0 heterocycles. The summed E-state index contributed by atoms with van der Waals surface area (Å²) in [6.45, 7) is 1.37. The Balaban J connectivity index is 3.97. The number of carbonyl (C=O) groups is 8. The lowest BCUT2D eigenvalue weighted by atomic mass is 10.0. The number of ketones is 1. The zero-order valence-corrected chi connectivity index (χ0v) is 29.5. The van der Waals surface area contributed by atoms with Crippen molar-refractivity contribution in [1.82, 2.24) is 16.0 Å². The Morgan fingerprint density at radius 1 is 0.469 bits per heavy atom. The molecule has 0 bridgehead atoms. The smallest absolute Gasteiger partial charge is 0.326 e. The van der Waals surface area contributed by atoms with Gasteiger partial charge in [0.2, 0.25) is 17.7 Å². The van der Waals surface area contributed by atoms with Crippen LogP contribution in [0.3, 0.4) is 0 Å². The number of hydrogen-bond donors (Lipinski definition) is 5. The van der Waals surface area contributed by atoms with Gasteiger partial charge >= 0.3 is 11.9 Å². The highest BCUT2D eigenvalue weighted by atomic mass is 16.4. The molecule has 0 spiro atoms. The Morgan fingerprint density at radius 3 is 1.20 bits per heavy atom. The first-order chi connectivity index (χ1) is 23.5. The average Bonchev–Trinajstić information content (AvgIpc) is 3.05. The SMILES string of the molecule is CC(=O)CCC(C=O)NC(=O)CC[C@H](NC(=O)CCC(C=O)NC(=O)CCCCCCCCCCCCCCCCCCC(=O)O)C(=O)O. The summed E-state index contributed by atoms with van der Waals surface area (Å²) in [6, 6.07) is -3.10. The fourth-order valence-electron chi connectivity index (χ4n) is 5.39. The Hall–Kier alpha value is -3.64. The topological polar surface area (TPSA) is 213 Å². The van der Waals surface area contributed by atoms with Crippen molar-refractivity contribution in [3.8, 4) is 0 Å². The lowest BCUT2D eigenvalue weighted by Crippen LogP contribution is -2.43. The van der Waals surface area contributed by atoms with Crippen molar-refractivity contribution in [2.24, 2.45) is 0 Å². The molecule has 0 saturated heterocycles. The number of Topliss-reactive ketones (excluding diaryl/α,β-unsaturated/α-hetero) is 1. The van der Waals surface area contributed by atoms with Gasteiger partial charge in [0.25, 0.3) is 0 Å². The second kappa shape index (κ2) is 30.4. The molecule has 0 aromatic heterocycles. The van der Waals surface area contributed by atoms with Crippen LogP contribution in [0, 0.1) is 0 Å². The maximum atomic E-state index is 12.3. The van der Waals surface area contributed by atoms with Crippen LogP contribution in [0.5, 0.6) is 0 Å². The average molecular weight is 696 g/mol. The van der Waals surface area contributed by atoms with E-state index in [0.717, 1.165) is 38.5 Å². The summed E-state index contributed by atoms with van der Waals surface area (Å²) in [7, 11) is 0. The molecule has 0 saturated carbocycles. The van der Waals surface area contributed by atoms with Gasteiger partial charge in [0.1, 0.15) is 24.4 Å². The summed E-state index contributed by atoms with van der Waals surface area (Å²) in [5.74, 6) is -3.68. The van der Waals surface area contributed by atoms with E-state index in [4.69, 9.17) is 5.11 Å². The number of amides is 3. The van der Waals surface area contributed by atoms with Crippen LogP contribution in [0.1, 0.15) is 161 Å². The minimum Gasteiger partial charge on any atom is -0.481 e. The summed E-state index contributed by atoms with van der Waals surface area (Å²) in [4.78, 5) is 92.5. The fraction of sp³-hybridized carbons (Fsp3) is 0.778. The number of aldehydes is 2. The summed E-state index contributed by atoms with van der Waals surface area (Å²) in [5, 5.41) is 25.4. The van der Waals surface area contributed by atoms with E-state index in [2.05, 4.69) is 16.0 Å². The zero-order valence-electron chi connectivity index (χ0n) is 29.5. The van der Waals surface area contributed by atoms with E-state index in [0.29, 0.717) is 19.0 Å². The molecule has 0 aromatic carbocycles. The Kier molecular flexibility index (Phi) is 28.2. The van der Waals surface area contributed by atoms with Crippen molar-refractivity contribution >= 4 is 48.0 Å². The number of aliphatic carboxylic acids is 2. The predicted molar refractivity (Wildman–Crippen MR) is 185 cm³/mol. The first-order valence-corrected chi connectivity index (χ1v) is 18.2. The van der Waals surface area contributed by atoms with Crippen molar-refractivity contribution in [2.45, 2.75) is 179 Å². The largest absolute Gasteiger partial charge is 0.481 e. The normalized spacial score (nSPS) is 12.7. The van der Waals surface area contributed by atoms with Crippen molar-refractivity contribution in [3.05, 3.63) is 0 Å². The lowest BCUT2D eigenvalue weighted by Gasteiger charge is -2.17. The molecular formula is C36H61N3O10. The third kappa shape index (κ3) is 29.0. The monoisotopic (exact) mass is 695 g/mol. The quantitative estimate of drug-likeness (QED) is 0.0451. The number of nitrogens with one attached hydrogen (secondary N) is 3. The van der Waals surface area contributed by atoms with Crippen LogP contribution < -0.4 is 16.0 Å². The summed E-state index contributed by atoms with van der Waals surface area (Å²) in [5.41, 5.74) is 0. The third-order valence-corrected chi connectivity index (χ3v) is 8.35. The number of rotatable bonds is 34. The van der Waals surface area contributed by atoms with E-state index in [1.807, 2.05) is 0 Å². The summed E-state index contributed by atoms with van der Waals surface area (Å²) < 4.78 is 0. The molecular weight excluding hydrogens is 634 g/mol. The molecule has 3 amide bonds. The molecule has 0 aliphatic carbocycles. The van der Waals surface area contributed by atoms with E-state index in [9.17, 15) is 43.5 Å². The Bertz CT molecular complexity index is 1000. The molecule has 0 aliphatic rings. The number of carboxylic acids is 2. The molecule has 0 fully saturated rings. The predicted octanol–water partition coefficient (Wildman–Crippen LogP) is 4.96. The number of carboxylic acid groups (broad SMARTS) is 2. The summed E-state index contributed by atoms with van der Waals surface area (Å²) in [6.07, 6.45) is 19.0. The van der Waals surface area contributed by atoms with Gasteiger partial charge in [-0.3, -0.25) is 19.2 Å². The molecule has 2 unspecified atom stereocenters. The van der Waals surface area contributed by atoms with Crippen molar-refractivity contribution < 1.29 is 48.6 Å². The minimum absolute atomic E-state index is 0.00123. The van der Waals surface area contributed by atoms with Gasteiger partial charge in [-0.1, -0.05) is 89.9 Å². The first kappa shape index (κ1) is 45.4. The van der Waals surface area contributed by atoms with Gasteiger partial charge in [-0.05, 0) is 39.0 Å². The summed E-state index contributed by atoms with van der Waals surface area (Å²) >= 11 is 0. The van der Waals surface area contributed by atoms with Crippen molar-refractivity contribution in [1.29, 1.82) is 0 Å². The van der Waals surface area contributed by atoms with Crippen LogP contribution in [0.15, 0.2) is 0 Å². The van der Waals surface area contributed by atoms with Crippen LogP contribution in [-0.4, -0.2) is 76.4 Å². The van der Waals surface area contributed by atoms with E-state index < -0.39 is 41.9 Å². The van der Waals surface area contributed by atoms with Gasteiger partial charge in [0.05, 0.1) is 12.1 Å². The molecule has 13 heteroatoms. The molecule has 280 valence electrons. The van der Waals surface area contributed by atoms with Gasteiger partial charge in [-0.25, -0.2) is 4.79 Å². The first-order valence-electron chi connectivity index (χ1n) is 18.2. The van der Waals surface area contributed by atoms with Gasteiger partial charge < -0.3 is 40.5 Å². The molecule has 0 aromatic rings. The van der Waals surface area contributed by atoms with E-state index in [1.54, 1.807) is 0 Å². The van der Waals surface area contributed by atoms with Gasteiger partial charge in [0, 0.05) is 32.1 Å². The zero-order chi connectivity index (χ0) is 36.7. The van der Waals surface area contributed by atoms with Crippen LogP contribution >= 0.6 is 0 Å².